The first-order valence-electron chi connectivity index (χ1n) is 26.9. The van der Waals surface area contributed by atoms with Crippen molar-refractivity contribution >= 4 is 29.3 Å². The van der Waals surface area contributed by atoms with E-state index in [1.807, 2.05) is 26.0 Å². The smallest absolute Gasteiger partial charge is 0.416 e. The molecule has 20 heteroatoms. The Morgan fingerprint density at radius 2 is 1.04 bits per heavy atom. The summed E-state index contributed by atoms with van der Waals surface area (Å²) in [5, 5.41) is 8.55. The standard InChI is InChI=1S/C33H37F3N4O4.C28H29F3N4O2/c1-21(39-29(41)28-16-26(11-13-37-28)40-18-32(19-40)12-14-43-20-32)22-5-7-23(8-6-22)27-15-25(33(34,35)36)10-9-24(27)17-38-30(42)44-31(2,3)4;1-18(19-2-4-20(5-3-19)24-12-22(28(29,30)31)7-6-21(24)14-32)34-26(36)25-13-23(8-10-33-25)35-15-27(16-35)9-11-37-17-27/h5-11,13,15-16,21H,12,14,17-20H2,1-4H3,(H,38,42)(H,39,41);2-8,10,12-13,18H,9,11,14-17,32H2,1H3,(H,34,36)/t21-;18-/m11/s1. The van der Waals surface area contributed by atoms with E-state index in [-0.39, 0.29) is 47.8 Å². The van der Waals surface area contributed by atoms with Gasteiger partial charge in [-0.15, -0.1) is 0 Å². The van der Waals surface area contributed by atoms with Crippen molar-refractivity contribution in [3.63, 3.8) is 0 Å². The Morgan fingerprint density at radius 1 is 0.617 bits per heavy atom. The highest BCUT2D eigenvalue weighted by Gasteiger charge is 2.47. The zero-order chi connectivity index (χ0) is 57.9. The zero-order valence-electron chi connectivity index (χ0n) is 45.8. The van der Waals surface area contributed by atoms with E-state index in [9.17, 15) is 40.7 Å². The summed E-state index contributed by atoms with van der Waals surface area (Å²) >= 11 is 0. The molecule has 14 nitrogen and oxygen atoms in total. The number of ether oxygens (including phenoxy) is 3. The molecule has 0 radical (unpaired) electrons. The van der Waals surface area contributed by atoms with Crippen LogP contribution in [0.2, 0.25) is 0 Å². The van der Waals surface area contributed by atoms with Crippen LogP contribution in [-0.4, -0.2) is 86.1 Å². The minimum absolute atomic E-state index is 0.0190. The van der Waals surface area contributed by atoms with Gasteiger partial charge in [0.05, 0.1) is 36.4 Å². The zero-order valence-corrected chi connectivity index (χ0v) is 45.8. The lowest BCUT2D eigenvalue weighted by molar-refractivity contribution is -0.138. The molecule has 2 spiro atoms. The number of halogens is 6. The van der Waals surface area contributed by atoms with E-state index in [1.165, 1.54) is 12.1 Å². The number of alkyl carbamates (subject to hydrolysis) is 1. The van der Waals surface area contributed by atoms with Gasteiger partial charge in [-0.25, -0.2) is 4.79 Å². The van der Waals surface area contributed by atoms with Gasteiger partial charge < -0.3 is 45.7 Å². The van der Waals surface area contributed by atoms with Crippen LogP contribution >= 0.6 is 0 Å². The molecule has 6 aromatic rings. The highest BCUT2D eigenvalue weighted by atomic mass is 19.4. The molecule has 0 unspecified atom stereocenters. The molecular formula is C61H66F6N8O6. The second-order valence-electron chi connectivity index (χ2n) is 22.5. The summed E-state index contributed by atoms with van der Waals surface area (Å²) in [6.45, 7) is 15.8. The third-order valence-electron chi connectivity index (χ3n) is 15.2. The van der Waals surface area contributed by atoms with Gasteiger partial charge in [-0.1, -0.05) is 60.7 Å². The minimum atomic E-state index is -4.53. The molecule has 81 heavy (non-hydrogen) atoms. The number of anilines is 2. The Kier molecular flexibility index (Phi) is 16.9. The molecule has 6 heterocycles. The normalized spacial score (nSPS) is 17.1. The highest BCUT2D eigenvalue weighted by Crippen LogP contribution is 2.43. The first-order chi connectivity index (χ1) is 38.4. The van der Waals surface area contributed by atoms with Crippen molar-refractivity contribution in [3.05, 3.63) is 166 Å². The van der Waals surface area contributed by atoms with Gasteiger partial charge in [-0.05, 0) is 140 Å². The third kappa shape index (κ3) is 14.0. The number of nitrogens with two attached hydrogens (primary N) is 1. The van der Waals surface area contributed by atoms with Crippen LogP contribution in [0.25, 0.3) is 22.3 Å². The maximum absolute atomic E-state index is 13.6. The van der Waals surface area contributed by atoms with Gasteiger partial charge in [0.1, 0.15) is 17.0 Å². The molecule has 4 aliphatic heterocycles. The van der Waals surface area contributed by atoms with Crippen molar-refractivity contribution in [3.8, 4) is 22.3 Å². The number of carbonyl (C=O) groups excluding carboxylic acids is 3. The van der Waals surface area contributed by atoms with Crippen molar-refractivity contribution < 1.29 is 54.9 Å². The van der Waals surface area contributed by atoms with Crippen LogP contribution in [0.4, 0.5) is 42.5 Å². The summed E-state index contributed by atoms with van der Waals surface area (Å²) in [6, 6.07) is 27.7. The molecule has 2 atom stereocenters. The summed E-state index contributed by atoms with van der Waals surface area (Å²) in [5.74, 6) is -0.614. The van der Waals surface area contributed by atoms with Gasteiger partial charge >= 0.3 is 18.4 Å². The monoisotopic (exact) mass is 1120 g/mol. The van der Waals surface area contributed by atoms with Crippen LogP contribution in [0.5, 0.6) is 0 Å². The maximum Gasteiger partial charge on any atom is 0.416 e. The first kappa shape index (κ1) is 58.1. The van der Waals surface area contributed by atoms with Crippen LogP contribution in [0.1, 0.15) is 114 Å². The fourth-order valence-corrected chi connectivity index (χ4v) is 10.6. The van der Waals surface area contributed by atoms with E-state index < -0.39 is 35.2 Å². The van der Waals surface area contributed by atoms with Gasteiger partial charge in [-0.3, -0.25) is 19.6 Å². The molecule has 2 aromatic heterocycles. The first-order valence-corrected chi connectivity index (χ1v) is 26.9. The molecule has 0 saturated carbocycles. The van der Waals surface area contributed by atoms with Gasteiger partial charge in [0.15, 0.2) is 0 Å². The van der Waals surface area contributed by atoms with Crippen molar-refractivity contribution in [2.24, 2.45) is 16.6 Å². The molecule has 0 bridgehead atoms. The van der Waals surface area contributed by atoms with E-state index in [0.29, 0.717) is 44.8 Å². The summed E-state index contributed by atoms with van der Waals surface area (Å²) in [4.78, 5) is 51.2. The number of nitrogens with one attached hydrogen (secondary N) is 3. The van der Waals surface area contributed by atoms with Crippen LogP contribution in [-0.2, 0) is 39.7 Å². The topological polar surface area (TPSA) is 173 Å². The molecule has 10 rings (SSSR count). The highest BCUT2D eigenvalue weighted by molar-refractivity contribution is 5.94. The van der Waals surface area contributed by atoms with Crippen LogP contribution in [0, 0.1) is 10.8 Å². The van der Waals surface area contributed by atoms with Gasteiger partial charge in [0.25, 0.3) is 11.8 Å². The largest absolute Gasteiger partial charge is 0.444 e. The predicted molar refractivity (Wildman–Crippen MR) is 295 cm³/mol. The Labute approximate surface area is 466 Å². The van der Waals surface area contributed by atoms with Gasteiger partial charge in [-0.2, -0.15) is 26.3 Å². The Morgan fingerprint density at radius 3 is 1.42 bits per heavy atom. The molecule has 3 amide bonds. The van der Waals surface area contributed by atoms with E-state index in [4.69, 9.17) is 19.9 Å². The summed E-state index contributed by atoms with van der Waals surface area (Å²) < 4.78 is 96.7. The Bertz CT molecular complexity index is 3210. The van der Waals surface area contributed by atoms with E-state index >= 15 is 0 Å². The van der Waals surface area contributed by atoms with Crippen molar-refractivity contribution in [1.82, 2.24) is 25.9 Å². The number of rotatable bonds is 13. The molecule has 4 saturated heterocycles. The number of amides is 3. The molecule has 4 fully saturated rings. The average Bonchev–Trinajstić information content (AvgIpc) is 4.20. The quantitative estimate of drug-likeness (QED) is 0.0811. The number of hydrogen-bond donors (Lipinski definition) is 4. The van der Waals surface area contributed by atoms with E-state index in [0.717, 1.165) is 112 Å². The number of pyridine rings is 2. The molecule has 0 aliphatic carbocycles. The second-order valence-corrected chi connectivity index (χ2v) is 22.5. The Hall–Kier alpha value is -7.55. The number of benzene rings is 4. The average molecular weight is 1120 g/mol. The van der Waals surface area contributed by atoms with E-state index in [2.05, 4.69) is 35.7 Å². The molecule has 4 aliphatic rings. The number of nitrogens with zero attached hydrogens (tertiary/aromatic N) is 4. The summed E-state index contributed by atoms with van der Waals surface area (Å²) in [6.07, 6.45) is -4.24. The molecular weight excluding hydrogens is 1050 g/mol. The lowest BCUT2D eigenvalue weighted by Gasteiger charge is -2.48. The van der Waals surface area contributed by atoms with Gasteiger partial charge in [0.2, 0.25) is 0 Å². The number of aromatic nitrogens is 2. The fourth-order valence-electron chi connectivity index (χ4n) is 10.6. The molecule has 5 N–H and O–H groups in total. The van der Waals surface area contributed by atoms with Crippen LogP contribution < -0.4 is 31.5 Å². The molecule has 4 aromatic carbocycles. The van der Waals surface area contributed by atoms with Crippen molar-refractivity contribution in [2.75, 3.05) is 62.4 Å². The van der Waals surface area contributed by atoms with Crippen molar-refractivity contribution in [2.45, 2.75) is 90.6 Å². The SMILES string of the molecule is C[C@@H](NC(=O)c1cc(N2CC3(CCOC3)C2)ccn1)c1ccc(-c2cc(C(F)(F)F)ccc2CN)cc1.C[C@@H](NC(=O)c1cc(N2CC3(CCOC3)C2)ccn1)c1ccc(-c2cc(C(F)(F)F)ccc2CNC(=O)OC(C)(C)C)cc1. The molecule has 428 valence electrons. The number of carbonyl (C=O) groups is 3. The summed E-state index contributed by atoms with van der Waals surface area (Å²) in [7, 11) is 0. The number of alkyl halides is 6. The number of hydrogen-bond acceptors (Lipinski definition) is 11. The fraction of sp³-hybridized carbons (Fsp3) is 0.393. The predicted octanol–water partition coefficient (Wildman–Crippen LogP) is 11.5. The lowest BCUT2D eigenvalue weighted by Crippen LogP contribution is -2.57. The maximum atomic E-state index is 13.6. The van der Waals surface area contributed by atoms with Crippen LogP contribution in [0.3, 0.4) is 0 Å². The lowest BCUT2D eigenvalue weighted by atomic mass is 9.79. The van der Waals surface area contributed by atoms with Crippen molar-refractivity contribution in [1.29, 1.82) is 0 Å². The third-order valence-corrected chi connectivity index (χ3v) is 15.2. The second kappa shape index (κ2) is 23.5. The van der Waals surface area contributed by atoms with Gasteiger partial charge in [0, 0.05) is 87.1 Å². The van der Waals surface area contributed by atoms with E-state index in [1.54, 1.807) is 93.8 Å². The Balaban J connectivity index is 0.000000198. The van der Waals surface area contributed by atoms with Crippen LogP contribution in [0.15, 0.2) is 122 Å². The minimum Gasteiger partial charge on any atom is -0.444 e. The summed E-state index contributed by atoms with van der Waals surface area (Å²) in [5.41, 5.74) is 11.2.